The number of rotatable bonds is 6. The van der Waals surface area contributed by atoms with Gasteiger partial charge in [-0.15, -0.1) is 6.58 Å². The topological polar surface area (TPSA) is 73.9 Å². The number of aromatic nitrogens is 3. The van der Waals surface area contributed by atoms with E-state index in [0.29, 0.717) is 18.0 Å². The van der Waals surface area contributed by atoms with E-state index < -0.39 is 0 Å². The number of piperidine rings is 1. The minimum absolute atomic E-state index is 0.135. The Morgan fingerprint density at radius 2 is 2.07 bits per heavy atom. The first-order valence-electron chi connectivity index (χ1n) is 9.95. The number of hydrogen-bond acceptors (Lipinski definition) is 4. The first-order valence-corrected chi connectivity index (χ1v) is 9.95. The number of imidazole rings is 1. The van der Waals surface area contributed by atoms with Crippen molar-refractivity contribution in [3.05, 3.63) is 78.9 Å². The van der Waals surface area contributed by atoms with E-state index in [1.807, 2.05) is 36.5 Å². The second-order valence-corrected chi connectivity index (χ2v) is 7.24. The lowest BCUT2D eigenvalue weighted by Crippen LogP contribution is -2.35. The summed E-state index contributed by atoms with van der Waals surface area (Å²) in [4.78, 5) is 27.0. The highest BCUT2D eigenvalue weighted by atomic mass is 16.1. The molecule has 1 atom stereocenters. The molecule has 3 heterocycles. The summed E-state index contributed by atoms with van der Waals surface area (Å²) in [7, 11) is 0. The minimum atomic E-state index is -0.135. The Bertz CT molecular complexity index is 964. The van der Waals surface area contributed by atoms with Crippen molar-refractivity contribution in [3.63, 3.8) is 0 Å². The molecular formula is C23H25N5O. The Morgan fingerprint density at radius 3 is 2.83 bits per heavy atom. The summed E-state index contributed by atoms with van der Waals surface area (Å²) in [5.41, 5.74) is 2.75. The molecule has 1 amide bonds. The van der Waals surface area contributed by atoms with Crippen molar-refractivity contribution in [2.45, 2.75) is 18.8 Å². The lowest BCUT2D eigenvalue weighted by atomic mass is 9.97. The zero-order valence-electron chi connectivity index (χ0n) is 16.3. The second kappa shape index (κ2) is 8.73. The molecule has 2 aromatic heterocycles. The molecule has 3 aromatic rings. The maximum Gasteiger partial charge on any atom is 0.253 e. The second-order valence-electron chi connectivity index (χ2n) is 7.24. The Labute approximate surface area is 170 Å². The fraction of sp³-hybridized carbons (Fsp3) is 0.261. The quantitative estimate of drug-likeness (QED) is 0.632. The predicted molar refractivity (Wildman–Crippen MR) is 115 cm³/mol. The molecule has 6 heteroatoms. The Morgan fingerprint density at radius 1 is 1.21 bits per heavy atom. The largest absolute Gasteiger partial charge is 0.356 e. The summed E-state index contributed by atoms with van der Waals surface area (Å²) >= 11 is 0. The predicted octanol–water partition coefficient (Wildman–Crippen LogP) is 3.77. The van der Waals surface area contributed by atoms with Crippen molar-refractivity contribution in [2.75, 3.05) is 24.5 Å². The van der Waals surface area contributed by atoms with Crippen LogP contribution in [0.2, 0.25) is 0 Å². The van der Waals surface area contributed by atoms with E-state index in [-0.39, 0.29) is 5.91 Å². The minimum Gasteiger partial charge on any atom is -0.356 e. The molecule has 148 valence electrons. The fourth-order valence-corrected chi connectivity index (χ4v) is 3.69. The van der Waals surface area contributed by atoms with Gasteiger partial charge in [-0.2, -0.15) is 0 Å². The first kappa shape index (κ1) is 18.9. The number of H-pyrrole nitrogens is 1. The molecular weight excluding hydrogens is 362 g/mol. The first-order chi connectivity index (χ1) is 14.2. The number of nitrogens with one attached hydrogen (secondary N) is 2. The van der Waals surface area contributed by atoms with E-state index in [2.05, 4.69) is 43.9 Å². The molecule has 1 saturated heterocycles. The SMILES string of the molecule is C=CCNC(=O)c1ccc(N2CCCC(c3ncc(-c4ccccc4)[nH]3)C2)nc1. The number of pyridine rings is 1. The van der Waals surface area contributed by atoms with Gasteiger partial charge in [0.05, 0.1) is 17.5 Å². The monoisotopic (exact) mass is 387 g/mol. The van der Waals surface area contributed by atoms with Gasteiger partial charge in [0.15, 0.2) is 0 Å². The van der Waals surface area contributed by atoms with Crippen LogP contribution >= 0.6 is 0 Å². The van der Waals surface area contributed by atoms with Crippen molar-refractivity contribution in [1.29, 1.82) is 0 Å². The van der Waals surface area contributed by atoms with Gasteiger partial charge in [0.25, 0.3) is 5.91 Å². The van der Waals surface area contributed by atoms with Crippen molar-refractivity contribution < 1.29 is 4.79 Å². The number of anilines is 1. The molecule has 0 radical (unpaired) electrons. The third kappa shape index (κ3) is 4.37. The number of carbonyl (C=O) groups excluding carboxylic acids is 1. The van der Waals surface area contributed by atoms with Crippen LogP contribution in [0.1, 0.15) is 34.9 Å². The summed E-state index contributed by atoms with van der Waals surface area (Å²) in [6.07, 6.45) is 7.39. The lowest BCUT2D eigenvalue weighted by molar-refractivity contribution is 0.0957. The number of aromatic amines is 1. The average molecular weight is 387 g/mol. The number of nitrogens with zero attached hydrogens (tertiary/aromatic N) is 3. The zero-order chi connectivity index (χ0) is 20.1. The van der Waals surface area contributed by atoms with Gasteiger partial charge in [0, 0.05) is 31.7 Å². The normalized spacial score (nSPS) is 16.4. The van der Waals surface area contributed by atoms with Gasteiger partial charge < -0.3 is 15.2 Å². The summed E-state index contributed by atoms with van der Waals surface area (Å²) in [5.74, 6) is 2.11. The van der Waals surface area contributed by atoms with Gasteiger partial charge in [0.2, 0.25) is 0 Å². The Kier molecular flexibility index (Phi) is 5.70. The zero-order valence-corrected chi connectivity index (χ0v) is 16.3. The van der Waals surface area contributed by atoms with Gasteiger partial charge in [-0.25, -0.2) is 9.97 Å². The van der Waals surface area contributed by atoms with Crippen molar-refractivity contribution >= 4 is 11.7 Å². The van der Waals surface area contributed by atoms with Crippen LogP contribution < -0.4 is 10.2 Å². The van der Waals surface area contributed by atoms with Gasteiger partial charge in [-0.3, -0.25) is 4.79 Å². The number of benzene rings is 1. The summed E-state index contributed by atoms with van der Waals surface area (Å²) < 4.78 is 0. The fourth-order valence-electron chi connectivity index (χ4n) is 3.69. The molecule has 0 bridgehead atoms. The van der Waals surface area contributed by atoms with Crippen LogP contribution in [0.25, 0.3) is 11.3 Å². The third-order valence-corrected chi connectivity index (χ3v) is 5.23. The molecule has 1 aliphatic rings. The Hall–Kier alpha value is -3.41. The van der Waals surface area contributed by atoms with E-state index in [1.165, 1.54) is 0 Å². The van der Waals surface area contributed by atoms with E-state index in [1.54, 1.807) is 12.3 Å². The van der Waals surface area contributed by atoms with Gasteiger partial charge in [-0.1, -0.05) is 36.4 Å². The molecule has 4 rings (SSSR count). The average Bonchev–Trinajstić information content (AvgIpc) is 3.29. The van der Waals surface area contributed by atoms with E-state index in [4.69, 9.17) is 0 Å². The molecule has 0 saturated carbocycles. The van der Waals surface area contributed by atoms with Crippen molar-refractivity contribution in [3.8, 4) is 11.3 Å². The molecule has 0 spiro atoms. The molecule has 6 nitrogen and oxygen atoms in total. The Balaban J connectivity index is 1.44. The summed E-state index contributed by atoms with van der Waals surface area (Å²) in [6.45, 7) is 5.87. The maximum absolute atomic E-state index is 12.0. The third-order valence-electron chi connectivity index (χ3n) is 5.23. The number of amides is 1. The highest BCUT2D eigenvalue weighted by Gasteiger charge is 2.24. The number of hydrogen-bond donors (Lipinski definition) is 2. The van der Waals surface area contributed by atoms with Gasteiger partial charge in [0.1, 0.15) is 11.6 Å². The molecule has 2 N–H and O–H groups in total. The van der Waals surface area contributed by atoms with Crippen molar-refractivity contribution in [1.82, 2.24) is 20.3 Å². The van der Waals surface area contributed by atoms with Gasteiger partial charge >= 0.3 is 0 Å². The molecule has 29 heavy (non-hydrogen) atoms. The van der Waals surface area contributed by atoms with E-state index in [0.717, 1.165) is 48.8 Å². The van der Waals surface area contributed by atoms with Crippen LogP contribution in [0.15, 0.2) is 67.5 Å². The molecule has 0 aliphatic carbocycles. The van der Waals surface area contributed by atoms with Crippen LogP contribution in [0, 0.1) is 0 Å². The van der Waals surface area contributed by atoms with Crippen LogP contribution in [0.3, 0.4) is 0 Å². The van der Waals surface area contributed by atoms with Crippen LogP contribution in [0.4, 0.5) is 5.82 Å². The highest BCUT2D eigenvalue weighted by molar-refractivity contribution is 5.94. The van der Waals surface area contributed by atoms with E-state index >= 15 is 0 Å². The summed E-state index contributed by atoms with van der Waals surface area (Å²) in [6, 6.07) is 14.0. The smallest absolute Gasteiger partial charge is 0.253 e. The van der Waals surface area contributed by atoms with Crippen LogP contribution in [-0.4, -0.2) is 40.5 Å². The molecule has 1 aliphatic heterocycles. The molecule has 1 aromatic carbocycles. The maximum atomic E-state index is 12.0. The van der Waals surface area contributed by atoms with Gasteiger partial charge in [-0.05, 0) is 30.5 Å². The van der Waals surface area contributed by atoms with Crippen LogP contribution in [-0.2, 0) is 0 Å². The van der Waals surface area contributed by atoms with E-state index in [9.17, 15) is 4.79 Å². The van der Waals surface area contributed by atoms with Crippen LogP contribution in [0.5, 0.6) is 0 Å². The summed E-state index contributed by atoms with van der Waals surface area (Å²) in [5, 5.41) is 2.77. The highest BCUT2D eigenvalue weighted by Crippen LogP contribution is 2.29. The van der Waals surface area contributed by atoms with Crippen molar-refractivity contribution in [2.24, 2.45) is 0 Å². The molecule has 1 fully saturated rings. The lowest BCUT2D eigenvalue weighted by Gasteiger charge is -2.32. The number of carbonyl (C=O) groups is 1. The molecule has 1 unspecified atom stereocenters. The standard InChI is InChI=1S/C23H25N5O/c1-2-12-24-23(29)18-10-11-21(25-14-18)28-13-6-9-19(16-28)22-26-15-20(27-22)17-7-4-3-5-8-17/h2-5,7-8,10-11,14-15,19H,1,6,9,12-13,16H2,(H,24,29)(H,26,27).